The number of phenolic OH excluding ortho intramolecular Hbond substituents is 1. The third kappa shape index (κ3) is 2.28. The van der Waals surface area contributed by atoms with Crippen molar-refractivity contribution >= 4 is 17.4 Å². The van der Waals surface area contributed by atoms with E-state index >= 15 is 0 Å². The van der Waals surface area contributed by atoms with Gasteiger partial charge in [-0.05, 0) is 25.1 Å². The lowest BCUT2D eigenvalue weighted by Gasteiger charge is -2.11. The summed E-state index contributed by atoms with van der Waals surface area (Å²) in [6.45, 7) is 1.99. The van der Waals surface area contributed by atoms with Gasteiger partial charge >= 0.3 is 0 Å². The number of halogens is 1. The van der Waals surface area contributed by atoms with Gasteiger partial charge in [-0.25, -0.2) is 0 Å². The molecule has 88 valence electrons. The van der Waals surface area contributed by atoms with Crippen LogP contribution in [0.25, 0.3) is 0 Å². The molecule has 0 spiro atoms. The molecule has 0 amide bonds. The summed E-state index contributed by atoms with van der Waals surface area (Å²) in [7, 11) is 1.45. The van der Waals surface area contributed by atoms with Crippen LogP contribution in [0.4, 0.5) is 0 Å². The summed E-state index contributed by atoms with van der Waals surface area (Å²) >= 11 is 5.89. The highest BCUT2D eigenvalue weighted by atomic mass is 35.5. The van der Waals surface area contributed by atoms with Crippen molar-refractivity contribution in [3.8, 4) is 11.5 Å². The van der Waals surface area contributed by atoms with Gasteiger partial charge in [0, 0.05) is 6.42 Å². The Morgan fingerprint density at radius 1 is 1.62 bits per heavy atom. The Kier molecular flexibility index (Phi) is 4.15. The second kappa shape index (κ2) is 5.18. The number of ether oxygens (including phenoxy) is 1. The summed E-state index contributed by atoms with van der Waals surface area (Å²) in [4.78, 5) is 11.6. The van der Waals surface area contributed by atoms with E-state index in [2.05, 4.69) is 0 Å². The van der Waals surface area contributed by atoms with Crippen LogP contribution in [-0.2, 0) is 0 Å². The Bertz CT molecular complexity index is 418. The summed E-state index contributed by atoms with van der Waals surface area (Å²) in [6, 6.07) is 1.55. The second-order valence-corrected chi connectivity index (χ2v) is 3.78. The van der Waals surface area contributed by atoms with Crippen LogP contribution in [0, 0.1) is 6.92 Å². The summed E-state index contributed by atoms with van der Waals surface area (Å²) in [5, 5.41) is 9.82. The van der Waals surface area contributed by atoms with E-state index in [0.29, 0.717) is 11.3 Å². The predicted molar refractivity (Wildman–Crippen MR) is 62.4 cm³/mol. The standard InChI is InChI=1S/C11H14ClNO3/c1-6-5-7(8(14)3-4-13)10(15)9(12)11(6)16-2/h5,15H,3-4,13H2,1-2H3. The molecule has 5 heteroatoms. The number of Topliss-reactive ketones (excluding diaryl/α,β-unsaturated/α-hetero) is 1. The van der Waals surface area contributed by atoms with E-state index in [9.17, 15) is 9.90 Å². The summed E-state index contributed by atoms with van der Waals surface area (Å²) in [5.41, 5.74) is 6.18. The predicted octanol–water partition coefficient (Wildman–Crippen LogP) is 1.89. The molecule has 0 fully saturated rings. The average molecular weight is 244 g/mol. The number of hydrogen-bond donors (Lipinski definition) is 2. The molecular weight excluding hydrogens is 230 g/mol. The fourth-order valence-electron chi connectivity index (χ4n) is 1.48. The first-order chi connectivity index (χ1) is 7.52. The summed E-state index contributed by atoms with van der Waals surface area (Å²) < 4.78 is 5.02. The van der Waals surface area contributed by atoms with E-state index in [-0.39, 0.29) is 35.1 Å². The highest BCUT2D eigenvalue weighted by molar-refractivity contribution is 6.34. The van der Waals surface area contributed by atoms with Crippen molar-refractivity contribution < 1.29 is 14.6 Å². The molecule has 3 N–H and O–H groups in total. The van der Waals surface area contributed by atoms with Gasteiger partial charge in [0.1, 0.15) is 16.5 Å². The molecule has 0 unspecified atom stereocenters. The van der Waals surface area contributed by atoms with Gasteiger partial charge < -0.3 is 15.6 Å². The molecule has 1 aromatic carbocycles. The number of phenols is 1. The van der Waals surface area contributed by atoms with Gasteiger partial charge in [-0.2, -0.15) is 0 Å². The quantitative estimate of drug-likeness (QED) is 0.793. The Hall–Kier alpha value is -1.26. The topological polar surface area (TPSA) is 72.5 Å². The van der Waals surface area contributed by atoms with E-state index in [1.165, 1.54) is 7.11 Å². The molecule has 0 saturated heterocycles. The number of ketones is 1. The summed E-state index contributed by atoms with van der Waals surface area (Å²) in [5.74, 6) is -0.0984. The van der Waals surface area contributed by atoms with Crippen LogP contribution in [0.1, 0.15) is 22.3 Å². The van der Waals surface area contributed by atoms with Gasteiger partial charge in [0.15, 0.2) is 5.78 Å². The van der Waals surface area contributed by atoms with E-state index < -0.39 is 0 Å². The number of aromatic hydroxyl groups is 1. The number of rotatable bonds is 4. The van der Waals surface area contributed by atoms with Crippen LogP contribution in [0.5, 0.6) is 11.5 Å². The first kappa shape index (κ1) is 12.8. The van der Waals surface area contributed by atoms with E-state index in [1.54, 1.807) is 13.0 Å². The number of carbonyl (C=O) groups is 1. The molecule has 0 bridgehead atoms. The van der Waals surface area contributed by atoms with Gasteiger partial charge in [0.25, 0.3) is 0 Å². The molecule has 0 aromatic heterocycles. The zero-order valence-electron chi connectivity index (χ0n) is 9.21. The normalized spacial score (nSPS) is 10.2. The van der Waals surface area contributed by atoms with Crippen LogP contribution >= 0.6 is 11.6 Å². The second-order valence-electron chi connectivity index (χ2n) is 3.40. The van der Waals surface area contributed by atoms with Crippen molar-refractivity contribution in [2.45, 2.75) is 13.3 Å². The maximum absolute atomic E-state index is 11.6. The number of nitrogens with two attached hydrogens (primary N) is 1. The molecule has 4 nitrogen and oxygen atoms in total. The Balaban J connectivity index is 3.28. The number of benzene rings is 1. The van der Waals surface area contributed by atoms with Crippen molar-refractivity contribution in [2.75, 3.05) is 13.7 Å². The summed E-state index contributed by atoms with van der Waals surface area (Å²) in [6.07, 6.45) is 0.176. The van der Waals surface area contributed by atoms with Gasteiger partial charge in [0.05, 0.1) is 12.7 Å². The molecule has 0 radical (unpaired) electrons. The fraction of sp³-hybridized carbons (Fsp3) is 0.364. The van der Waals surface area contributed by atoms with Crippen LogP contribution in [0.3, 0.4) is 0 Å². The monoisotopic (exact) mass is 243 g/mol. The first-order valence-electron chi connectivity index (χ1n) is 4.82. The highest BCUT2D eigenvalue weighted by Gasteiger charge is 2.18. The molecule has 0 aliphatic carbocycles. The van der Waals surface area contributed by atoms with Crippen molar-refractivity contribution in [2.24, 2.45) is 5.73 Å². The van der Waals surface area contributed by atoms with Crippen LogP contribution in [-0.4, -0.2) is 24.5 Å². The molecule has 0 heterocycles. The number of carbonyl (C=O) groups excluding carboxylic acids is 1. The zero-order valence-corrected chi connectivity index (χ0v) is 9.97. The van der Waals surface area contributed by atoms with Gasteiger partial charge in [-0.15, -0.1) is 0 Å². The average Bonchev–Trinajstić information content (AvgIpc) is 2.24. The third-order valence-electron chi connectivity index (χ3n) is 2.26. The lowest BCUT2D eigenvalue weighted by Crippen LogP contribution is -2.09. The molecule has 0 saturated carbocycles. The maximum atomic E-state index is 11.6. The minimum absolute atomic E-state index is 0.0582. The number of aryl methyl sites for hydroxylation is 1. The molecular formula is C11H14ClNO3. The minimum Gasteiger partial charge on any atom is -0.505 e. The Labute approximate surface area is 99.0 Å². The van der Waals surface area contributed by atoms with E-state index in [1.807, 2.05) is 0 Å². The molecule has 0 aliphatic rings. The smallest absolute Gasteiger partial charge is 0.167 e. The highest BCUT2D eigenvalue weighted by Crippen LogP contribution is 2.39. The molecule has 1 aromatic rings. The number of methoxy groups -OCH3 is 1. The Morgan fingerprint density at radius 3 is 2.75 bits per heavy atom. The van der Waals surface area contributed by atoms with Crippen LogP contribution < -0.4 is 10.5 Å². The van der Waals surface area contributed by atoms with Gasteiger partial charge in [-0.1, -0.05) is 11.6 Å². The SMILES string of the molecule is COc1c(C)cc(C(=O)CCN)c(O)c1Cl. The molecule has 0 atom stereocenters. The van der Waals surface area contributed by atoms with Crippen LogP contribution in [0.15, 0.2) is 6.07 Å². The minimum atomic E-state index is -0.248. The van der Waals surface area contributed by atoms with E-state index in [0.717, 1.165) is 0 Å². The lowest BCUT2D eigenvalue weighted by atomic mass is 10.0. The van der Waals surface area contributed by atoms with Gasteiger partial charge in [-0.3, -0.25) is 4.79 Å². The molecule has 1 rings (SSSR count). The lowest BCUT2D eigenvalue weighted by molar-refractivity contribution is 0.0982. The van der Waals surface area contributed by atoms with Crippen LogP contribution in [0.2, 0.25) is 5.02 Å². The van der Waals surface area contributed by atoms with Crippen molar-refractivity contribution in [3.05, 3.63) is 22.2 Å². The van der Waals surface area contributed by atoms with E-state index in [4.69, 9.17) is 22.1 Å². The molecule has 16 heavy (non-hydrogen) atoms. The first-order valence-corrected chi connectivity index (χ1v) is 5.20. The third-order valence-corrected chi connectivity index (χ3v) is 2.61. The largest absolute Gasteiger partial charge is 0.505 e. The van der Waals surface area contributed by atoms with Crippen molar-refractivity contribution in [1.82, 2.24) is 0 Å². The maximum Gasteiger partial charge on any atom is 0.167 e. The Morgan fingerprint density at radius 2 is 2.25 bits per heavy atom. The van der Waals surface area contributed by atoms with Crippen molar-refractivity contribution in [3.63, 3.8) is 0 Å². The van der Waals surface area contributed by atoms with Gasteiger partial charge in [0.2, 0.25) is 0 Å². The number of hydrogen-bond acceptors (Lipinski definition) is 4. The van der Waals surface area contributed by atoms with Crippen molar-refractivity contribution in [1.29, 1.82) is 0 Å². The molecule has 0 aliphatic heterocycles. The zero-order chi connectivity index (χ0) is 12.3. The fourth-order valence-corrected chi connectivity index (χ4v) is 1.81.